The summed E-state index contributed by atoms with van der Waals surface area (Å²) in [5.74, 6) is 0.559. The molecule has 1 rings (SSSR count). The Morgan fingerprint density at radius 1 is 1.58 bits per heavy atom. The Labute approximate surface area is 71.8 Å². The Morgan fingerprint density at radius 3 is 2.92 bits per heavy atom. The number of rotatable bonds is 3. The van der Waals surface area contributed by atoms with Gasteiger partial charge in [0.2, 0.25) is 5.88 Å². The van der Waals surface area contributed by atoms with Crippen LogP contribution in [0.1, 0.15) is 25.1 Å². The van der Waals surface area contributed by atoms with Gasteiger partial charge in [0.25, 0.3) is 0 Å². The minimum absolute atomic E-state index is 0.0260. The quantitative estimate of drug-likeness (QED) is 0.726. The smallest absolute Gasteiger partial charge is 0.216 e. The molecular formula is C8H13N3O. The minimum Gasteiger partial charge on any atom is -0.481 e. The van der Waals surface area contributed by atoms with Gasteiger partial charge in [-0.1, -0.05) is 6.92 Å². The molecule has 0 aliphatic rings. The van der Waals surface area contributed by atoms with Crippen molar-refractivity contribution in [3.05, 3.63) is 18.1 Å². The molecule has 0 aromatic carbocycles. The molecule has 0 radical (unpaired) electrons. The first-order valence-corrected chi connectivity index (χ1v) is 3.89. The third-order valence-electron chi connectivity index (χ3n) is 1.69. The topological polar surface area (TPSA) is 61.0 Å². The monoisotopic (exact) mass is 167 g/mol. The van der Waals surface area contributed by atoms with Gasteiger partial charge in [-0.15, -0.1) is 0 Å². The van der Waals surface area contributed by atoms with E-state index < -0.39 is 0 Å². The molecule has 1 aromatic heterocycles. The number of aromatic nitrogens is 2. The Kier molecular flexibility index (Phi) is 2.99. The van der Waals surface area contributed by atoms with Crippen molar-refractivity contribution in [1.82, 2.24) is 9.97 Å². The van der Waals surface area contributed by atoms with Crippen LogP contribution in [-0.4, -0.2) is 17.1 Å². The summed E-state index contributed by atoms with van der Waals surface area (Å²) < 4.78 is 4.94. The van der Waals surface area contributed by atoms with Gasteiger partial charge in [-0.25, -0.2) is 9.97 Å². The summed E-state index contributed by atoms with van der Waals surface area (Å²) in [5, 5.41) is 0. The van der Waals surface area contributed by atoms with Crippen LogP contribution in [0.2, 0.25) is 0 Å². The van der Waals surface area contributed by atoms with Crippen LogP contribution in [0.4, 0.5) is 0 Å². The molecule has 4 heteroatoms. The van der Waals surface area contributed by atoms with Gasteiger partial charge < -0.3 is 10.5 Å². The van der Waals surface area contributed by atoms with Crippen LogP contribution in [0, 0.1) is 0 Å². The molecular weight excluding hydrogens is 154 g/mol. The van der Waals surface area contributed by atoms with Crippen molar-refractivity contribution in [2.24, 2.45) is 5.73 Å². The lowest BCUT2D eigenvalue weighted by Crippen LogP contribution is -2.10. The third kappa shape index (κ3) is 1.92. The molecule has 12 heavy (non-hydrogen) atoms. The molecule has 66 valence electrons. The van der Waals surface area contributed by atoms with Crippen LogP contribution in [0.15, 0.2) is 12.4 Å². The molecule has 0 aliphatic carbocycles. The zero-order valence-corrected chi connectivity index (χ0v) is 7.32. The van der Waals surface area contributed by atoms with Gasteiger partial charge in [0.05, 0.1) is 12.8 Å². The second-order valence-corrected chi connectivity index (χ2v) is 2.50. The van der Waals surface area contributed by atoms with Gasteiger partial charge in [-0.2, -0.15) is 0 Å². The average Bonchev–Trinajstić information content (AvgIpc) is 2.17. The standard InChI is InChI=1S/C8H13N3O/c1-3-6(9)7-4-8(12-2)11-5-10-7/h4-6H,3,9H2,1-2H3. The summed E-state index contributed by atoms with van der Waals surface area (Å²) in [6.45, 7) is 2.01. The summed E-state index contributed by atoms with van der Waals surface area (Å²) in [7, 11) is 1.57. The number of methoxy groups -OCH3 is 1. The molecule has 1 atom stereocenters. The van der Waals surface area contributed by atoms with E-state index in [4.69, 9.17) is 10.5 Å². The van der Waals surface area contributed by atoms with E-state index in [9.17, 15) is 0 Å². The molecule has 1 aromatic rings. The fourth-order valence-electron chi connectivity index (χ4n) is 0.877. The summed E-state index contributed by atoms with van der Waals surface area (Å²) >= 11 is 0. The maximum absolute atomic E-state index is 5.77. The Morgan fingerprint density at radius 2 is 2.33 bits per heavy atom. The van der Waals surface area contributed by atoms with E-state index in [2.05, 4.69) is 9.97 Å². The third-order valence-corrected chi connectivity index (χ3v) is 1.69. The van der Waals surface area contributed by atoms with Crippen molar-refractivity contribution < 1.29 is 4.74 Å². The maximum Gasteiger partial charge on any atom is 0.216 e. The van der Waals surface area contributed by atoms with E-state index in [-0.39, 0.29) is 6.04 Å². The second-order valence-electron chi connectivity index (χ2n) is 2.50. The summed E-state index contributed by atoms with van der Waals surface area (Å²) in [6, 6.07) is 1.73. The lowest BCUT2D eigenvalue weighted by atomic mass is 10.2. The molecule has 0 spiro atoms. The number of ether oxygens (including phenoxy) is 1. The van der Waals surface area contributed by atoms with Crippen molar-refractivity contribution in [2.75, 3.05) is 7.11 Å². The normalized spacial score (nSPS) is 12.6. The van der Waals surface area contributed by atoms with Gasteiger partial charge in [0, 0.05) is 12.1 Å². The predicted octanol–water partition coefficient (Wildman–Crippen LogP) is 0.895. The minimum atomic E-state index is -0.0260. The van der Waals surface area contributed by atoms with E-state index in [1.807, 2.05) is 6.92 Å². The number of hydrogen-bond acceptors (Lipinski definition) is 4. The molecule has 0 bridgehead atoms. The van der Waals surface area contributed by atoms with Crippen LogP contribution in [0.3, 0.4) is 0 Å². The van der Waals surface area contributed by atoms with E-state index in [1.54, 1.807) is 13.2 Å². The first-order valence-electron chi connectivity index (χ1n) is 3.89. The fourth-order valence-corrected chi connectivity index (χ4v) is 0.877. The molecule has 2 N–H and O–H groups in total. The predicted molar refractivity (Wildman–Crippen MR) is 45.8 cm³/mol. The lowest BCUT2D eigenvalue weighted by Gasteiger charge is -2.07. The molecule has 4 nitrogen and oxygen atoms in total. The zero-order chi connectivity index (χ0) is 8.97. The Bertz CT molecular complexity index is 252. The largest absolute Gasteiger partial charge is 0.481 e. The maximum atomic E-state index is 5.77. The highest BCUT2D eigenvalue weighted by molar-refractivity contribution is 5.15. The molecule has 1 heterocycles. The van der Waals surface area contributed by atoms with E-state index in [1.165, 1.54) is 6.33 Å². The number of hydrogen-bond donors (Lipinski definition) is 1. The second kappa shape index (κ2) is 4.01. The molecule has 0 saturated carbocycles. The van der Waals surface area contributed by atoms with Crippen LogP contribution in [-0.2, 0) is 0 Å². The summed E-state index contributed by atoms with van der Waals surface area (Å²) in [5.41, 5.74) is 6.60. The summed E-state index contributed by atoms with van der Waals surface area (Å²) in [6.07, 6.45) is 2.32. The molecule has 0 amide bonds. The molecule has 0 fully saturated rings. The first-order chi connectivity index (χ1) is 5.77. The van der Waals surface area contributed by atoms with Gasteiger partial charge >= 0.3 is 0 Å². The Balaban J connectivity index is 2.86. The average molecular weight is 167 g/mol. The van der Waals surface area contributed by atoms with Gasteiger partial charge in [0.1, 0.15) is 6.33 Å². The fraction of sp³-hybridized carbons (Fsp3) is 0.500. The van der Waals surface area contributed by atoms with E-state index in [0.29, 0.717) is 5.88 Å². The van der Waals surface area contributed by atoms with Crippen molar-refractivity contribution >= 4 is 0 Å². The van der Waals surface area contributed by atoms with E-state index >= 15 is 0 Å². The van der Waals surface area contributed by atoms with Crippen LogP contribution >= 0.6 is 0 Å². The van der Waals surface area contributed by atoms with Crippen LogP contribution in [0.25, 0.3) is 0 Å². The van der Waals surface area contributed by atoms with Crippen molar-refractivity contribution in [1.29, 1.82) is 0 Å². The molecule has 0 aliphatic heterocycles. The SMILES string of the molecule is CCC(N)c1cc(OC)ncn1. The number of nitrogens with two attached hydrogens (primary N) is 1. The highest BCUT2D eigenvalue weighted by Crippen LogP contribution is 2.13. The van der Waals surface area contributed by atoms with E-state index in [0.717, 1.165) is 12.1 Å². The highest BCUT2D eigenvalue weighted by Gasteiger charge is 2.05. The first kappa shape index (κ1) is 8.93. The van der Waals surface area contributed by atoms with Crippen molar-refractivity contribution in [3.8, 4) is 5.88 Å². The van der Waals surface area contributed by atoms with Crippen molar-refractivity contribution in [3.63, 3.8) is 0 Å². The molecule has 0 saturated heterocycles. The van der Waals surface area contributed by atoms with Gasteiger partial charge in [-0.05, 0) is 6.42 Å². The van der Waals surface area contributed by atoms with Gasteiger partial charge in [-0.3, -0.25) is 0 Å². The summed E-state index contributed by atoms with van der Waals surface area (Å²) in [4.78, 5) is 7.93. The molecule has 1 unspecified atom stereocenters. The zero-order valence-electron chi connectivity index (χ0n) is 7.32. The Hall–Kier alpha value is -1.16. The van der Waals surface area contributed by atoms with Gasteiger partial charge in [0.15, 0.2) is 0 Å². The number of nitrogens with zero attached hydrogens (tertiary/aromatic N) is 2. The van der Waals surface area contributed by atoms with Crippen LogP contribution < -0.4 is 10.5 Å². The highest BCUT2D eigenvalue weighted by atomic mass is 16.5. The van der Waals surface area contributed by atoms with Crippen molar-refractivity contribution in [2.45, 2.75) is 19.4 Å². The van der Waals surface area contributed by atoms with Crippen LogP contribution in [0.5, 0.6) is 5.88 Å². The lowest BCUT2D eigenvalue weighted by molar-refractivity contribution is 0.395.